The fraction of sp³-hybridized carbons (Fsp3) is 0.286. The first kappa shape index (κ1) is 21.7. The molecule has 0 unspecified atom stereocenters. The molecule has 170 valence electrons. The second-order valence-electron chi connectivity index (χ2n) is 7.40. The van der Waals surface area contributed by atoms with Gasteiger partial charge in [-0.3, -0.25) is 4.79 Å². The molecule has 7 N–H and O–H groups in total. The van der Waals surface area contributed by atoms with Crippen molar-refractivity contribution in [3.8, 4) is 40.1 Å². The van der Waals surface area contributed by atoms with Crippen LogP contribution in [0, 0.1) is 0 Å². The van der Waals surface area contributed by atoms with Crippen LogP contribution in [0.3, 0.4) is 0 Å². The highest BCUT2D eigenvalue weighted by molar-refractivity contribution is 5.88. The summed E-state index contributed by atoms with van der Waals surface area (Å²) in [6.07, 6.45) is -7.16. The van der Waals surface area contributed by atoms with E-state index in [0.29, 0.717) is 0 Å². The first-order valence-corrected chi connectivity index (χ1v) is 9.50. The Hall–Kier alpha value is -3.51. The Morgan fingerprint density at radius 3 is 2.25 bits per heavy atom. The van der Waals surface area contributed by atoms with Gasteiger partial charge < -0.3 is 49.6 Å². The number of hydrogen-bond acceptors (Lipinski definition) is 11. The van der Waals surface area contributed by atoms with E-state index < -0.39 is 64.9 Å². The Bertz CT molecular complexity index is 1230. The van der Waals surface area contributed by atoms with Crippen LogP contribution in [0.25, 0.3) is 22.3 Å². The third-order valence-electron chi connectivity index (χ3n) is 5.25. The zero-order valence-electron chi connectivity index (χ0n) is 16.5. The van der Waals surface area contributed by atoms with Gasteiger partial charge >= 0.3 is 0 Å². The van der Waals surface area contributed by atoms with Crippen molar-refractivity contribution in [1.82, 2.24) is 0 Å². The van der Waals surface area contributed by atoms with Crippen molar-refractivity contribution < 1.29 is 49.6 Å². The summed E-state index contributed by atoms with van der Waals surface area (Å²) in [6.45, 7) is 1.44. The van der Waals surface area contributed by atoms with Gasteiger partial charge in [0.05, 0.1) is 11.5 Å². The Labute approximate surface area is 179 Å². The molecule has 0 bridgehead atoms. The van der Waals surface area contributed by atoms with E-state index in [9.17, 15) is 40.5 Å². The molecule has 0 radical (unpaired) electrons. The number of ether oxygens (including phenoxy) is 2. The lowest BCUT2D eigenvalue weighted by molar-refractivity contribution is -0.268. The molecule has 3 aromatic rings. The van der Waals surface area contributed by atoms with Crippen LogP contribution >= 0.6 is 0 Å². The Morgan fingerprint density at radius 1 is 0.875 bits per heavy atom. The van der Waals surface area contributed by atoms with E-state index in [4.69, 9.17) is 13.9 Å². The highest BCUT2D eigenvalue weighted by Crippen LogP contribution is 2.41. The molecule has 0 aliphatic carbocycles. The SMILES string of the molecule is C[C@@H]1O[C@@H](Oc2c(O)ccc3c(=O)c(O)c(-c4ccc(O)c(O)c4)oc23)[C@H](O)[C@H](O)[C@H]1O. The summed E-state index contributed by atoms with van der Waals surface area (Å²) in [6, 6.07) is 5.73. The first-order valence-electron chi connectivity index (χ1n) is 9.50. The topological polar surface area (TPSA) is 190 Å². The molecule has 1 saturated heterocycles. The standard InChI is InChI=1S/C21H20O11/c1-7-13(25)15(27)17(29)21(30-7)32-20-11(23)5-3-9-14(26)16(28)18(31-19(9)20)8-2-4-10(22)12(24)6-8/h2-7,13,15,17,21-25,27-29H,1H3/t7-,13-,15+,17+,21-/m0/s1. The predicted molar refractivity (Wildman–Crippen MR) is 108 cm³/mol. The summed E-state index contributed by atoms with van der Waals surface area (Å²) in [5.41, 5.74) is -1.17. The van der Waals surface area contributed by atoms with E-state index in [1.165, 1.54) is 19.1 Å². The van der Waals surface area contributed by atoms with Gasteiger partial charge in [-0.15, -0.1) is 0 Å². The molecular weight excluding hydrogens is 428 g/mol. The minimum Gasteiger partial charge on any atom is -0.504 e. The van der Waals surface area contributed by atoms with E-state index in [-0.39, 0.29) is 22.3 Å². The largest absolute Gasteiger partial charge is 0.504 e. The molecule has 1 aliphatic rings. The molecule has 0 amide bonds. The van der Waals surface area contributed by atoms with E-state index in [2.05, 4.69) is 0 Å². The highest BCUT2D eigenvalue weighted by Gasteiger charge is 2.43. The molecule has 1 aromatic heterocycles. The van der Waals surface area contributed by atoms with Crippen LogP contribution in [0.4, 0.5) is 0 Å². The molecule has 4 rings (SSSR count). The van der Waals surface area contributed by atoms with Gasteiger partial charge in [0.2, 0.25) is 23.2 Å². The Morgan fingerprint density at radius 2 is 1.56 bits per heavy atom. The summed E-state index contributed by atoms with van der Waals surface area (Å²) < 4.78 is 16.5. The molecule has 5 atom stereocenters. The van der Waals surface area contributed by atoms with Crippen LogP contribution in [-0.2, 0) is 4.74 Å². The monoisotopic (exact) mass is 448 g/mol. The van der Waals surface area contributed by atoms with Crippen molar-refractivity contribution in [2.24, 2.45) is 0 Å². The second kappa shape index (κ2) is 7.88. The lowest BCUT2D eigenvalue weighted by Gasteiger charge is -2.38. The van der Waals surface area contributed by atoms with Gasteiger partial charge in [-0.05, 0) is 37.3 Å². The number of phenolic OH excluding ortho intramolecular Hbond substituents is 3. The molecule has 1 fully saturated rings. The second-order valence-corrected chi connectivity index (χ2v) is 7.40. The van der Waals surface area contributed by atoms with Crippen LogP contribution in [0.2, 0.25) is 0 Å². The maximum atomic E-state index is 12.7. The molecule has 0 spiro atoms. The fourth-order valence-corrected chi connectivity index (χ4v) is 3.41. The number of rotatable bonds is 3. The summed E-state index contributed by atoms with van der Waals surface area (Å²) in [7, 11) is 0. The average molecular weight is 448 g/mol. The Balaban J connectivity index is 1.86. The zero-order chi connectivity index (χ0) is 23.3. The minimum atomic E-state index is -1.70. The quantitative estimate of drug-likeness (QED) is 0.276. The van der Waals surface area contributed by atoms with E-state index in [1.54, 1.807) is 0 Å². The third-order valence-corrected chi connectivity index (χ3v) is 5.25. The van der Waals surface area contributed by atoms with Gasteiger partial charge in [-0.1, -0.05) is 0 Å². The van der Waals surface area contributed by atoms with Gasteiger partial charge in [0, 0.05) is 5.56 Å². The van der Waals surface area contributed by atoms with Gasteiger partial charge in [-0.2, -0.15) is 0 Å². The molecule has 11 nitrogen and oxygen atoms in total. The van der Waals surface area contributed by atoms with Crippen molar-refractivity contribution in [3.63, 3.8) is 0 Å². The summed E-state index contributed by atoms with van der Waals surface area (Å²) in [4.78, 5) is 12.7. The van der Waals surface area contributed by atoms with Crippen LogP contribution in [0.1, 0.15) is 6.92 Å². The lowest BCUT2D eigenvalue weighted by atomic mass is 10.00. The normalized spacial score (nSPS) is 25.7. The van der Waals surface area contributed by atoms with Crippen LogP contribution in [0.5, 0.6) is 28.7 Å². The molecule has 32 heavy (non-hydrogen) atoms. The third kappa shape index (κ3) is 3.46. The summed E-state index contributed by atoms with van der Waals surface area (Å²) in [5, 5.41) is 69.8. The number of phenols is 3. The van der Waals surface area contributed by atoms with Crippen molar-refractivity contribution in [3.05, 3.63) is 40.6 Å². The maximum Gasteiger partial charge on any atom is 0.235 e. The minimum absolute atomic E-state index is 0.0345. The summed E-state index contributed by atoms with van der Waals surface area (Å²) in [5.74, 6) is -3.07. The lowest BCUT2D eigenvalue weighted by Crippen LogP contribution is -2.58. The summed E-state index contributed by atoms with van der Waals surface area (Å²) >= 11 is 0. The van der Waals surface area contributed by atoms with Gasteiger partial charge in [-0.25, -0.2) is 0 Å². The van der Waals surface area contributed by atoms with Gasteiger partial charge in [0.1, 0.15) is 18.3 Å². The number of aromatic hydroxyl groups is 4. The van der Waals surface area contributed by atoms with Crippen molar-refractivity contribution in [2.45, 2.75) is 37.6 Å². The van der Waals surface area contributed by atoms with Crippen molar-refractivity contribution >= 4 is 11.0 Å². The molecule has 11 heteroatoms. The average Bonchev–Trinajstić information content (AvgIpc) is 2.76. The smallest absolute Gasteiger partial charge is 0.235 e. The molecule has 2 heterocycles. The molecule has 2 aromatic carbocycles. The van der Waals surface area contributed by atoms with Crippen LogP contribution in [-0.4, -0.2) is 66.5 Å². The number of hydrogen-bond donors (Lipinski definition) is 7. The van der Waals surface area contributed by atoms with Crippen molar-refractivity contribution in [2.75, 3.05) is 0 Å². The number of fused-ring (bicyclic) bond motifs is 1. The number of aliphatic hydroxyl groups excluding tert-OH is 3. The first-order chi connectivity index (χ1) is 15.1. The van der Waals surface area contributed by atoms with E-state index >= 15 is 0 Å². The number of benzene rings is 2. The van der Waals surface area contributed by atoms with E-state index in [0.717, 1.165) is 18.2 Å². The predicted octanol–water partition coefficient (Wildman–Crippen LogP) is 0.489. The zero-order valence-corrected chi connectivity index (χ0v) is 16.5. The number of aliphatic hydroxyl groups is 3. The van der Waals surface area contributed by atoms with Gasteiger partial charge in [0.25, 0.3) is 0 Å². The molecule has 1 aliphatic heterocycles. The molecule has 0 saturated carbocycles. The fourth-order valence-electron chi connectivity index (χ4n) is 3.41. The maximum absolute atomic E-state index is 12.7. The van der Waals surface area contributed by atoms with Gasteiger partial charge in [0.15, 0.2) is 28.6 Å². The molecular formula is C21H20O11. The van der Waals surface area contributed by atoms with Crippen molar-refractivity contribution in [1.29, 1.82) is 0 Å². The van der Waals surface area contributed by atoms with Crippen LogP contribution in [0.15, 0.2) is 39.5 Å². The van der Waals surface area contributed by atoms with Crippen LogP contribution < -0.4 is 10.2 Å². The Kier molecular flexibility index (Phi) is 5.34. The van der Waals surface area contributed by atoms with E-state index in [1.807, 2.05) is 0 Å². The highest BCUT2D eigenvalue weighted by atomic mass is 16.7.